The molecule has 0 radical (unpaired) electrons. The van der Waals surface area contributed by atoms with Gasteiger partial charge in [-0.05, 0) is 0 Å². The second-order valence-corrected chi connectivity index (χ2v) is 8.02. The molecule has 0 bridgehead atoms. The van der Waals surface area contributed by atoms with E-state index in [1.54, 1.807) is 0 Å². The van der Waals surface area contributed by atoms with Crippen molar-refractivity contribution < 1.29 is 16.8 Å². The average Bonchev–Trinajstić information content (AvgIpc) is 1.78. The summed E-state index contributed by atoms with van der Waals surface area (Å²) in [6.07, 6.45) is 0. The highest BCUT2D eigenvalue weighted by atomic mass is 32.2. The quantitative estimate of drug-likeness (QED) is 0.598. The molecule has 13 heavy (non-hydrogen) atoms. The maximum atomic E-state index is 10.8. The van der Waals surface area contributed by atoms with Crippen LogP contribution < -0.4 is 5.32 Å². The molecule has 1 N–H and O–H groups in total. The van der Waals surface area contributed by atoms with Gasteiger partial charge in [-0.15, -0.1) is 0 Å². The third kappa shape index (κ3) is 2.03. The van der Waals surface area contributed by atoms with E-state index in [4.69, 9.17) is 0 Å². The Morgan fingerprint density at radius 3 is 1.31 bits per heavy atom. The van der Waals surface area contributed by atoms with E-state index >= 15 is 0 Å². The van der Waals surface area contributed by atoms with Crippen molar-refractivity contribution in [3.05, 3.63) is 0 Å². The molecular formula is C6H11NO4S2. The highest BCUT2D eigenvalue weighted by Gasteiger charge is 2.40. The van der Waals surface area contributed by atoms with Crippen LogP contribution in [0.5, 0.6) is 0 Å². The minimum Gasteiger partial charge on any atom is -0.307 e. The van der Waals surface area contributed by atoms with Crippen molar-refractivity contribution in [3.8, 4) is 0 Å². The average molecular weight is 225 g/mol. The van der Waals surface area contributed by atoms with Crippen LogP contribution in [-0.2, 0) is 19.7 Å². The third-order valence-corrected chi connectivity index (χ3v) is 5.93. The first-order valence-electron chi connectivity index (χ1n) is 4.03. The molecule has 0 spiro atoms. The number of nitrogens with one attached hydrogen (secondary N) is 1. The number of hydrogen-bond donors (Lipinski definition) is 1. The lowest BCUT2D eigenvalue weighted by Gasteiger charge is -2.35. The molecule has 2 rings (SSSR count). The zero-order chi connectivity index (χ0) is 9.69. The van der Waals surface area contributed by atoms with Gasteiger partial charge >= 0.3 is 0 Å². The molecule has 0 aliphatic carbocycles. The van der Waals surface area contributed by atoms with E-state index in [-0.39, 0.29) is 35.1 Å². The first kappa shape index (κ1) is 9.42. The van der Waals surface area contributed by atoms with Crippen LogP contribution in [0.15, 0.2) is 0 Å². The van der Waals surface area contributed by atoms with E-state index in [1.165, 1.54) is 0 Å². The van der Waals surface area contributed by atoms with Crippen LogP contribution in [0.1, 0.15) is 0 Å². The Labute approximate surface area is 77.4 Å². The Bertz CT molecular complexity index is 346. The maximum absolute atomic E-state index is 10.8. The van der Waals surface area contributed by atoms with E-state index in [0.717, 1.165) is 0 Å². The van der Waals surface area contributed by atoms with Gasteiger partial charge in [-0.1, -0.05) is 0 Å². The van der Waals surface area contributed by atoms with Crippen LogP contribution in [0.2, 0.25) is 0 Å². The van der Waals surface area contributed by atoms with Gasteiger partial charge in [0, 0.05) is 12.1 Å². The molecule has 2 saturated heterocycles. The maximum Gasteiger partial charge on any atom is 0.153 e. The summed E-state index contributed by atoms with van der Waals surface area (Å²) in [4.78, 5) is 0. The molecule has 7 heteroatoms. The monoisotopic (exact) mass is 225 g/mol. The summed E-state index contributed by atoms with van der Waals surface area (Å²) in [5, 5.41) is 3.01. The standard InChI is InChI=1S/C6H11NO4S2/c8-12(9)1-5(2-12)7-6-3-13(10,11)4-6/h5-7H,1-4H2. The lowest BCUT2D eigenvalue weighted by Crippen LogP contribution is -2.61. The van der Waals surface area contributed by atoms with Gasteiger partial charge in [0.1, 0.15) is 0 Å². The predicted molar refractivity (Wildman–Crippen MR) is 48.0 cm³/mol. The van der Waals surface area contributed by atoms with Gasteiger partial charge in [-0.25, -0.2) is 16.8 Å². The molecule has 0 atom stereocenters. The predicted octanol–water partition coefficient (Wildman–Crippen LogP) is -1.83. The van der Waals surface area contributed by atoms with Gasteiger partial charge in [0.2, 0.25) is 0 Å². The highest BCUT2D eigenvalue weighted by molar-refractivity contribution is 7.93. The fourth-order valence-corrected chi connectivity index (χ4v) is 4.30. The summed E-state index contributed by atoms with van der Waals surface area (Å²) in [5.41, 5.74) is 0. The van der Waals surface area contributed by atoms with Gasteiger partial charge in [0.25, 0.3) is 0 Å². The van der Waals surface area contributed by atoms with Gasteiger partial charge in [-0.2, -0.15) is 0 Å². The number of rotatable bonds is 2. The lowest BCUT2D eigenvalue weighted by atomic mass is 10.3. The Kier molecular flexibility index (Phi) is 1.94. The van der Waals surface area contributed by atoms with Crippen molar-refractivity contribution in [1.82, 2.24) is 5.32 Å². The van der Waals surface area contributed by atoms with Crippen LogP contribution in [0, 0.1) is 0 Å². The summed E-state index contributed by atoms with van der Waals surface area (Å²) in [5.74, 6) is 0.625. The SMILES string of the molecule is O=S1(=O)CC(NC2CS(=O)(=O)C2)C1. The molecular weight excluding hydrogens is 214 g/mol. The molecule has 2 heterocycles. The van der Waals surface area contributed by atoms with Crippen molar-refractivity contribution in [3.63, 3.8) is 0 Å². The molecule has 0 aromatic rings. The minimum absolute atomic E-state index is 0.0227. The Hall–Kier alpha value is -0.140. The zero-order valence-electron chi connectivity index (χ0n) is 6.93. The van der Waals surface area contributed by atoms with Crippen LogP contribution in [0.4, 0.5) is 0 Å². The zero-order valence-corrected chi connectivity index (χ0v) is 8.57. The molecule has 5 nitrogen and oxygen atoms in total. The fraction of sp³-hybridized carbons (Fsp3) is 1.00. The summed E-state index contributed by atoms with van der Waals surface area (Å²) in [6, 6.07) is -0.0454. The first-order valence-corrected chi connectivity index (χ1v) is 7.67. The lowest BCUT2D eigenvalue weighted by molar-refractivity contribution is 0.453. The molecule has 0 aromatic carbocycles. The highest BCUT2D eigenvalue weighted by Crippen LogP contribution is 2.16. The summed E-state index contributed by atoms with van der Waals surface area (Å²) >= 11 is 0. The fourth-order valence-electron chi connectivity index (χ4n) is 1.65. The third-order valence-electron chi connectivity index (χ3n) is 2.29. The second kappa shape index (κ2) is 2.68. The molecule has 0 aromatic heterocycles. The van der Waals surface area contributed by atoms with Crippen LogP contribution in [0.3, 0.4) is 0 Å². The smallest absolute Gasteiger partial charge is 0.153 e. The minimum atomic E-state index is -2.80. The van der Waals surface area contributed by atoms with Gasteiger partial charge in [0.15, 0.2) is 19.7 Å². The Balaban J connectivity index is 1.78. The molecule has 0 amide bonds. The van der Waals surface area contributed by atoms with E-state index in [2.05, 4.69) is 5.32 Å². The normalized spacial score (nSPS) is 32.0. The molecule has 2 fully saturated rings. The van der Waals surface area contributed by atoms with Crippen molar-refractivity contribution in [2.24, 2.45) is 0 Å². The first-order chi connectivity index (χ1) is 5.86. The summed E-state index contributed by atoms with van der Waals surface area (Å²) < 4.78 is 43.0. The second-order valence-electron chi connectivity index (χ2n) is 3.71. The largest absolute Gasteiger partial charge is 0.307 e. The van der Waals surface area contributed by atoms with E-state index in [0.29, 0.717) is 0 Å². The molecule has 0 unspecified atom stereocenters. The van der Waals surface area contributed by atoms with Crippen LogP contribution in [-0.4, -0.2) is 51.9 Å². The van der Waals surface area contributed by atoms with Crippen LogP contribution in [0.25, 0.3) is 0 Å². The molecule has 2 aliphatic rings. The molecule has 0 saturated carbocycles. The number of hydrogen-bond acceptors (Lipinski definition) is 5. The van der Waals surface area contributed by atoms with E-state index in [9.17, 15) is 16.8 Å². The van der Waals surface area contributed by atoms with Crippen molar-refractivity contribution in [2.45, 2.75) is 12.1 Å². The van der Waals surface area contributed by atoms with Gasteiger partial charge in [0.05, 0.1) is 23.0 Å². The van der Waals surface area contributed by atoms with Gasteiger partial charge in [-0.3, -0.25) is 0 Å². The van der Waals surface area contributed by atoms with E-state index < -0.39 is 19.7 Å². The van der Waals surface area contributed by atoms with Crippen LogP contribution >= 0.6 is 0 Å². The summed E-state index contributed by atoms with van der Waals surface area (Å²) in [7, 11) is -5.60. The van der Waals surface area contributed by atoms with Crippen molar-refractivity contribution in [2.75, 3.05) is 23.0 Å². The number of sulfone groups is 2. The van der Waals surface area contributed by atoms with Crippen molar-refractivity contribution in [1.29, 1.82) is 0 Å². The molecule has 2 aliphatic heterocycles. The Morgan fingerprint density at radius 2 is 1.08 bits per heavy atom. The van der Waals surface area contributed by atoms with Gasteiger partial charge < -0.3 is 5.32 Å². The van der Waals surface area contributed by atoms with Crippen molar-refractivity contribution >= 4 is 19.7 Å². The molecule has 76 valence electrons. The van der Waals surface area contributed by atoms with E-state index in [1.807, 2.05) is 0 Å². The Morgan fingerprint density at radius 1 is 0.769 bits per heavy atom. The topological polar surface area (TPSA) is 80.3 Å². The summed E-state index contributed by atoms with van der Waals surface area (Å²) in [6.45, 7) is 0.